The average molecular weight is 272 g/mol. The van der Waals surface area contributed by atoms with Crippen LogP contribution in [0.2, 0.25) is 0 Å². The molecule has 0 fully saturated rings. The number of rotatable bonds is 5. The van der Waals surface area contributed by atoms with Gasteiger partial charge in [-0.25, -0.2) is 4.39 Å². The fourth-order valence-electron chi connectivity index (χ4n) is 1.89. The Bertz CT molecular complexity index is 608. The molecule has 0 saturated heterocycles. The first-order chi connectivity index (χ1) is 9.56. The Labute approximate surface area is 117 Å². The largest absolute Gasteiger partial charge is 0.366 e. The molecule has 2 aromatic carbocycles. The van der Waals surface area contributed by atoms with E-state index in [-0.39, 0.29) is 5.56 Å². The maximum Gasteiger partial charge on any atom is 0.248 e. The molecule has 0 radical (unpaired) electrons. The fourth-order valence-corrected chi connectivity index (χ4v) is 1.89. The van der Waals surface area contributed by atoms with Gasteiger partial charge in [-0.15, -0.1) is 0 Å². The molecule has 1 amide bonds. The van der Waals surface area contributed by atoms with Crippen LogP contribution in [0.15, 0.2) is 42.5 Å². The van der Waals surface area contributed by atoms with Crippen LogP contribution < -0.4 is 11.1 Å². The Kier molecular flexibility index (Phi) is 4.48. The maximum atomic E-state index is 13.7. The summed E-state index contributed by atoms with van der Waals surface area (Å²) in [5, 5.41) is 3.17. The Balaban J connectivity index is 1.94. The number of hydrogen-bond donors (Lipinski definition) is 2. The van der Waals surface area contributed by atoms with Crippen molar-refractivity contribution in [2.75, 3.05) is 0 Å². The highest BCUT2D eigenvalue weighted by Gasteiger charge is 2.06. The summed E-state index contributed by atoms with van der Waals surface area (Å²) >= 11 is 0. The molecule has 0 atom stereocenters. The quantitative estimate of drug-likeness (QED) is 0.878. The van der Waals surface area contributed by atoms with E-state index in [4.69, 9.17) is 5.73 Å². The zero-order valence-corrected chi connectivity index (χ0v) is 11.3. The number of primary amides is 1. The van der Waals surface area contributed by atoms with Crippen molar-refractivity contribution in [1.82, 2.24) is 5.32 Å². The summed E-state index contributed by atoms with van der Waals surface area (Å²) in [6.07, 6.45) is 0. The number of amides is 1. The highest BCUT2D eigenvalue weighted by atomic mass is 19.1. The lowest BCUT2D eigenvalue weighted by Gasteiger charge is -2.07. The number of hydrogen-bond acceptors (Lipinski definition) is 2. The number of nitrogens with two attached hydrogens (primary N) is 1. The van der Waals surface area contributed by atoms with Crippen molar-refractivity contribution in [2.45, 2.75) is 20.0 Å². The van der Waals surface area contributed by atoms with Crippen LogP contribution in [0.3, 0.4) is 0 Å². The predicted octanol–water partition coefficient (Wildman–Crippen LogP) is 2.52. The normalized spacial score (nSPS) is 10.5. The van der Waals surface area contributed by atoms with Gasteiger partial charge in [0.1, 0.15) is 5.82 Å². The third kappa shape index (κ3) is 3.65. The lowest BCUT2D eigenvalue weighted by atomic mass is 10.1. The molecule has 3 nitrogen and oxygen atoms in total. The SMILES string of the molecule is Cc1ccc(CNCc2ccc(C(N)=O)cc2F)cc1. The van der Waals surface area contributed by atoms with E-state index in [1.54, 1.807) is 6.07 Å². The van der Waals surface area contributed by atoms with Crippen LogP contribution in [-0.2, 0) is 13.1 Å². The van der Waals surface area contributed by atoms with Crippen molar-refractivity contribution in [3.63, 3.8) is 0 Å². The lowest BCUT2D eigenvalue weighted by molar-refractivity contribution is 0.1000. The van der Waals surface area contributed by atoms with E-state index in [2.05, 4.69) is 5.32 Å². The number of aryl methyl sites for hydroxylation is 1. The average Bonchev–Trinajstić information content (AvgIpc) is 2.42. The van der Waals surface area contributed by atoms with E-state index in [1.165, 1.54) is 17.7 Å². The fraction of sp³-hybridized carbons (Fsp3) is 0.188. The molecule has 0 aliphatic carbocycles. The molecule has 3 N–H and O–H groups in total. The van der Waals surface area contributed by atoms with E-state index in [1.807, 2.05) is 31.2 Å². The van der Waals surface area contributed by atoms with E-state index in [9.17, 15) is 9.18 Å². The predicted molar refractivity (Wildman–Crippen MR) is 76.6 cm³/mol. The van der Waals surface area contributed by atoms with Gasteiger partial charge in [-0.2, -0.15) is 0 Å². The molecule has 20 heavy (non-hydrogen) atoms. The third-order valence-electron chi connectivity index (χ3n) is 3.10. The van der Waals surface area contributed by atoms with Crippen molar-refractivity contribution in [3.8, 4) is 0 Å². The molecule has 0 aliphatic rings. The number of halogens is 1. The minimum atomic E-state index is -0.622. The Morgan fingerprint density at radius 2 is 1.85 bits per heavy atom. The first-order valence-corrected chi connectivity index (χ1v) is 6.41. The van der Waals surface area contributed by atoms with Gasteiger partial charge in [-0.05, 0) is 24.6 Å². The summed E-state index contributed by atoms with van der Waals surface area (Å²) in [5.41, 5.74) is 8.15. The zero-order chi connectivity index (χ0) is 14.5. The highest BCUT2D eigenvalue weighted by molar-refractivity contribution is 5.92. The zero-order valence-electron chi connectivity index (χ0n) is 11.3. The van der Waals surface area contributed by atoms with Gasteiger partial charge in [0.2, 0.25) is 5.91 Å². The molecule has 0 aromatic heterocycles. The molecule has 0 bridgehead atoms. The van der Waals surface area contributed by atoms with E-state index in [0.29, 0.717) is 18.7 Å². The van der Waals surface area contributed by atoms with Crippen LogP contribution >= 0.6 is 0 Å². The molecular formula is C16H17FN2O. The van der Waals surface area contributed by atoms with Gasteiger partial charge in [0, 0.05) is 24.2 Å². The number of benzene rings is 2. The summed E-state index contributed by atoms with van der Waals surface area (Å²) in [5.74, 6) is -1.04. The molecule has 0 spiro atoms. The van der Waals surface area contributed by atoms with Gasteiger partial charge in [0.25, 0.3) is 0 Å². The second kappa shape index (κ2) is 6.30. The van der Waals surface area contributed by atoms with E-state index >= 15 is 0 Å². The molecule has 0 saturated carbocycles. The van der Waals surface area contributed by atoms with Crippen LogP contribution in [-0.4, -0.2) is 5.91 Å². The highest BCUT2D eigenvalue weighted by Crippen LogP contribution is 2.10. The van der Waals surface area contributed by atoms with Crippen LogP contribution in [0.4, 0.5) is 4.39 Å². The first kappa shape index (κ1) is 14.2. The number of carbonyl (C=O) groups excluding carboxylic acids is 1. The van der Waals surface area contributed by atoms with E-state index < -0.39 is 11.7 Å². The van der Waals surface area contributed by atoms with Crippen molar-refractivity contribution in [3.05, 3.63) is 70.5 Å². The minimum absolute atomic E-state index is 0.185. The standard InChI is InChI=1S/C16H17FN2O/c1-11-2-4-12(5-3-11)9-19-10-14-7-6-13(16(18)20)8-15(14)17/h2-8,19H,9-10H2,1H3,(H2,18,20). The molecule has 0 unspecified atom stereocenters. The molecule has 104 valence electrons. The van der Waals surface area contributed by atoms with Crippen LogP contribution in [0.5, 0.6) is 0 Å². The molecular weight excluding hydrogens is 255 g/mol. The Hall–Kier alpha value is -2.20. The van der Waals surface area contributed by atoms with Crippen LogP contribution in [0.1, 0.15) is 27.0 Å². The Morgan fingerprint density at radius 3 is 2.45 bits per heavy atom. The molecule has 0 heterocycles. The molecule has 2 aromatic rings. The topological polar surface area (TPSA) is 55.1 Å². The van der Waals surface area contributed by atoms with Gasteiger partial charge >= 0.3 is 0 Å². The summed E-state index contributed by atoms with van der Waals surface area (Å²) in [6.45, 7) is 3.10. The summed E-state index contributed by atoms with van der Waals surface area (Å²) in [4.78, 5) is 10.9. The third-order valence-corrected chi connectivity index (χ3v) is 3.10. The van der Waals surface area contributed by atoms with E-state index in [0.717, 1.165) is 5.56 Å². The molecule has 2 rings (SSSR count). The van der Waals surface area contributed by atoms with Crippen molar-refractivity contribution in [1.29, 1.82) is 0 Å². The van der Waals surface area contributed by atoms with Crippen molar-refractivity contribution in [2.24, 2.45) is 5.73 Å². The number of nitrogens with one attached hydrogen (secondary N) is 1. The monoisotopic (exact) mass is 272 g/mol. The van der Waals surface area contributed by atoms with Gasteiger partial charge in [-0.1, -0.05) is 35.9 Å². The lowest BCUT2D eigenvalue weighted by Crippen LogP contribution is -2.15. The van der Waals surface area contributed by atoms with Crippen LogP contribution in [0.25, 0.3) is 0 Å². The molecule has 0 aliphatic heterocycles. The van der Waals surface area contributed by atoms with Gasteiger partial charge in [-0.3, -0.25) is 4.79 Å². The second-order valence-corrected chi connectivity index (χ2v) is 4.76. The van der Waals surface area contributed by atoms with Crippen molar-refractivity contribution >= 4 is 5.91 Å². The van der Waals surface area contributed by atoms with Crippen molar-refractivity contribution < 1.29 is 9.18 Å². The minimum Gasteiger partial charge on any atom is -0.366 e. The van der Waals surface area contributed by atoms with Gasteiger partial charge in [0.15, 0.2) is 0 Å². The van der Waals surface area contributed by atoms with Gasteiger partial charge in [0.05, 0.1) is 0 Å². The first-order valence-electron chi connectivity index (χ1n) is 6.41. The second-order valence-electron chi connectivity index (χ2n) is 4.76. The number of carbonyl (C=O) groups is 1. The van der Waals surface area contributed by atoms with Gasteiger partial charge < -0.3 is 11.1 Å². The Morgan fingerprint density at radius 1 is 1.15 bits per heavy atom. The smallest absolute Gasteiger partial charge is 0.248 e. The molecule has 4 heteroatoms. The van der Waals surface area contributed by atoms with Crippen LogP contribution in [0, 0.1) is 12.7 Å². The summed E-state index contributed by atoms with van der Waals surface area (Å²) in [7, 11) is 0. The summed E-state index contributed by atoms with van der Waals surface area (Å²) < 4.78 is 13.7. The maximum absolute atomic E-state index is 13.7. The summed E-state index contributed by atoms with van der Waals surface area (Å²) in [6, 6.07) is 12.4.